The molecular weight excluding hydrogens is 388 g/mol. The van der Waals surface area contributed by atoms with Crippen molar-refractivity contribution in [3.8, 4) is 17.4 Å². The standard InChI is InChI=1S/C25H24N4O2/c1-18-6-5-7-20(16-18)8-13-24(30)28-21-9-11-22(12-10-21)31-25-17-23(26-19(2)27-25)29-14-3-4-15-29/h3-7,9-12,14-17H,8,13H2,1-2H3,(H,28,30). The quantitative estimate of drug-likeness (QED) is 0.450. The van der Waals surface area contributed by atoms with E-state index in [1.165, 1.54) is 11.1 Å². The van der Waals surface area contributed by atoms with Crippen molar-refractivity contribution >= 4 is 11.6 Å². The molecule has 6 heteroatoms. The fourth-order valence-corrected chi connectivity index (χ4v) is 3.27. The lowest BCUT2D eigenvalue weighted by Crippen LogP contribution is -2.12. The molecule has 1 amide bonds. The van der Waals surface area contributed by atoms with E-state index in [4.69, 9.17) is 4.74 Å². The van der Waals surface area contributed by atoms with Crippen LogP contribution in [0.15, 0.2) is 79.1 Å². The number of ether oxygens (including phenoxy) is 1. The summed E-state index contributed by atoms with van der Waals surface area (Å²) in [5.74, 6) is 2.45. The lowest BCUT2D eigenvalue weighted by molar-refractivity contribution is -0.116. The molecule has 6 nitrogen and oxygen atoms in total. The van der Waals surface area contributed by atoms with Gasteiger partial charge in [-0.15, -0.1) is 0 Å². The molecule has 0 fully saturated rings. The normalized spacial score (nSPS) is 10.6. The van der Waals surface area contributed by atoms with Crippen LogP contribution in [0.2, 0.25) is 0 Å². The smallest absolute Gasteiger partial charge is 0.224 e. The Morgan fingerprint density at radius 3 is 2.48 bits per heavy atom. The van der Waals surface area contributed by atoms with Gasteiger partial charge in [0, 0.05) is 30.6 Å². The molecule has 0 saturated heterocycles. The van der Waals surface area contributed by atoms with Crippen LogP contribution < -0.4 is 10.1 Å². The van der Waals surface area contributed by atoms with Crippen LogP contribution in [-0.4, -0.2) is 20.4 Å². The molecule has 4 aromatic rings. The number of hydrogen-bond donors (Lipinski definition) is 1. The number of benzene rings is 2. The van der Waals surface area contributed by atoms with Crippen LogP contribution in [-0.2, 0) is 11.2 Å². The van der Waals surface area contributed by atoms with Gasteiger partial charge in [0.25, 0.3) is 0 Å². The number of nitrogens with zero attached hydrogens (tertiary/aromatic N) is 3. The van der Waals surface area contributed by atoms with Crippen molar-refractivity contribution in [1.82, 2.24) is 14.5 Å². The molecule has 0 aliphatic heterocycles. The number of carbonyl (C=O) groups excluding carboxylic acids is 1. The summed E-state index contributed by atoms with van der Waals surface area (Å²) in [4.78, 5) is 21.1. The topological polar surface area (TPSA) is 69.0 Å². The summed E-state index contributed by atoms with van der Waals surface area (Å²) in [5.41, 5.74) is 3.10. The van der Waals surface area contributed by atoms with Gasteiger partial charge in [-0.3, -0.25) is 4.79 Å². The molecule has 0 aliphatic rings. The molecule has 0 aliphatic carbocycles. The minimum absolute atomic E-state index is 0.0158. The van der Waals surface area contributed by atoms with E-state index in [1.54, 1.807) is 6.07 Å². The van der Waals surface area contributed by atoms with Gasteiger partial charge in [-0.1, -0.05) is 29.8 Å². The minimum Gasteiger partial charge on any atom is -0.439 e. The summed E-state index contributed by atoms with van der Waals surface area (Å²) in [5, 5.41) is 2.93. The number of aromatic nitrogens is 3. The van der Waals surface area contributed by atoms with Crippen molar-refractivity contribution in [2.45, 2.75) is 26.7 Å². The van der Waals surface area contributed by atoms with E-state index in [0.29, 0.717) is 30.3 Å². The maximum absolute atomic E-state index is 12.3. The van der Waals surface area contributed by atoms with Crippen LogP contribution >= 0.6 is 0 Å². The summed E-state index contributed by atoms with van der Waals surface area (Å²) in [6, 6.07) is 21.1. The molecular formula is C25H24N4O2. The first kappa shape index (κ1) is 20.3. The molecule has 1 N–H and O–H groups in total. The van der Waals surface area contributed by atoms with Crippen molar-refractivity contribution in [2.24, 2.45) is 0 Å². The van der Waals surface area contributed by atoms with Crippen molar-refractivity contribution in [2.75, 3.05) is 5.32 Å². The highest BCUT2D eigenvalue weighted by Gasteiger charge is 2.07. The van der Waals surface area contributed by atoms with Crippen molar-refractivity contribution in [3.05, 3.63) is 96.1 Å². The third-order valence-electron chi connectivity index (χ3n) is 4.75. The Bertz CT molecular complexity index is 1170. The highest BCUT2D eigenvalue weighted by molar-refractivity contribution is 5.90. The maximum Gasteiger partial charge on any atom is 0.224 e. The molecule has 156 valence electrons. The number of anilines is 1. The van der Waals surface area contributed by atoms with Crippen LogP contribution in [0.25, 0.3) is 5.82 Å². The van der Waals surface area contributed by atoms with Crippen molar-refractivity contribution < 1.29 is 9.53 Å². The molecule has 0 saturated carbocycles. The Labute approximate surface area is 181 Å². The van der Waals surface area contributed by atoms with E-state index in [2.05, 4.69) is 34.3 Å². The fourth-order valence-electron chi connectivity index (χ4n) is 3.27. The van der Waals surface area contributed by atoms with Gasteiger partial charge < -0.3 is 14.6 Å². The first-order chi connectivity index (χ1) is 15.0. The highest BCUT2D eigenvalue weighted by atomic mass is 16.5. The van der Waals surface area contributed by atoms with Gasteiger partial charge >= 0.3 is 0 Å². The molecule has 0 unspecified atom stereocenters. The molecule has 2 heterocycles. The molecule has 4 rings (SSSR count). The van der Waals surface area contributed by atoms with E-state index in [0.717, 1.165) is 11.5 Å². The zero-order valence-electron chi connectivity index (χ0n) is 17.6. The predicted molar refractivity (Wildman–Crippen MR) is 121 cm³/mol. The summed E-state index contributed by atoms with van der Waals surface area (Å²) < 4.78 is 7.80. The Hall–Kier alpha value is -3.93. The maximum atomic E-state index is 12.3. The van der Waals surface area contributed by atoms with Gasteiger partial charge in [0.1, 0.15) is 17.4 Å². The molecule has 2 aromatic carbocycles. The third kappa shape index (κ3) is 5.57. The van der Waals surface area contributed by atoms with Gasteiger partial charge in [0.2, 0.25) is 11.8 Å². The highest BCUT2D eigenvalue weighted by Crippen LogP contribution is 2.23. The number of carbonyl (C=O) groups is 1. The van der Waals surface area contributed by atoms with Crippen molar-refractivity contribution in [3.63, 3.8) is 0 Å². The Balaban J connectivity index is 1.36. The zero-order valence-corrected chi connectivity index (χ0v) is 17.6. The Morgan fingerprint density at radius 2 is 1.74 bits per heavy atom. The average molecular weight is 412 g/mol. The number of hydrogen-bond acceptors (Lipinski definition) is 4. The summed E-state index contributed by atoms with van der Waals surface area (Å²) >= 11 is 0. The molecule has 0 atom stereocenters. The van der Waals surface area contributed by atoms with E-state index < -0.39 is 0 Å². The third-order valence-corrected chi connectivity index (χ3v) is 4.75. The Kier molecular flexibility index (Phi) is 6.08. The van der Waals surface area contributed by atoms with Crippen LogP contribution in [0.4, 0.5) is 5.69 Å². The van der Waals surface area contributed by atoms with Crippen molar-refractivity contribution in [1.29, 1.82) is 0 Å². The van der Waals surface area contributed by atoms with Gasteiger partial charge in [0.15, 0.2) is 0 Å². The summed E-state index contributed by atoms with van der Waals surface area (Å²) in [6.45, 7) is 3.88. The average Bonchev–Trinajstić information content (AvgIpc) is 3.28. The number of rotatable bonds is 7. The number of aryl methyl sites for hydroxylation is 3. The molecule has 0 radical (unpaired) electrons. The van der Waals surface area contributed by atoms with Gasteiger partial charge in [0.05, 0.1) is 0 Å². The first-order valence-electron chi connectivity index (χ1n) is 10.2. The SMILES string of the molecule is Cc1cccc(CCC(=O)Nc2ccc(Oc3cc(-n4cccc4)nc(C)n3)cc2)c1. The molecule has 0 bridgehead atoms. The Morgan fingerprint density at radius 1 is 0.968 bits per heavy atom. The van der Waals surface area contributed by atoms with Gasteiger partial charge in [-0.25, -0.2) is 4.98 Å². The zero-order chi connectivity index (χ0) is 21.6. The van der Waals surface area contributed by atoms with E-state index in [1.807, 2.05) is 72.4 Å². The van der Waals surface area contributed by atoms with Crippen LogP contribution in [0.1, 0.15) is 23.4 Å². The second kappa shape index (κ2) is 9.26. The second-order valence-electron chi connectivity index (χ2n) is 7.37. The van der Waals surface area contributed by atoms with Crippen LogP contribution in [0.3, 0.4) is 0 Å². The van der Waals surface area contributed by atoms with E-state index in [9.17, 15) is 4.79 Å². The van der Waals surface area contributed by atoms with E-state index >= 15 is 0 Å². The minimum atomic E-state index is -0.0158. The fraction of sp³-hybridized carbons (Fsp3) is 0.160. The van der Waals surface area contributed by atoms with E-state index in [-0.39, 0.29) is 5.91 Å². The monoisotopic (exact) mass is 412 g/mol. The molecule has 31 heavy (non-hydrogen) atoms. The lowest BCUT2D eigenvalue weighted by atomic mass is 10.1. The largest absolute Gasteiger partial charge is 0.439 e. The summed E-state index contributed by atoms with van der Waals surface area (Å²) in [7, 11) is 0. The number of amides is 1. The molecule has 0 spiro atoms. The molecule has 2 aromatic heterocycles. The second-order valence-corrected chi connectivity index (χ2v) is 7.37. The van der Waals surface area contributed by atoms with Gasteiger partial charge in [-0.05, 0) is 62.2 Å². The van der Waals surface area contributed by atoms with Crippen LogP contribution in [0.5, 0.6) is 11.6 Å². The summed E-state index contributed by atoms with van der Waals surface area (Å²) in [6.07, 6.45) is 4.99. The lowest BCUT2D eigenvalue weighted by Gasteiger charge is -2.10. The predicted octanol–water partition coefficient (Wildman–Crippen LogP) is 5.25. The van der Waals surface area contributed by atoms with Crippen LogP contribution in [0, 0.1) is 13.8 Å². The number of nitrogens with one attached hydrogen (secondary N) is 1. The first-order valence-corrected chi connectivity index (χ1v) is 10.2. The van der Waals surface area contributed by atoms with Gasteiger partial charge in [-0.2, -0.15) is 4.98 Å².